The number of fused-ring (bicyclic) bond motifs is 1. The van der Waals surface area contributed by atoms with Gasteiger partial charge in [0.2, 0.25) is 0 Å². The van der Waals surface area contributed by atoms with Crippen molar-refractivity contribution in [3.05, 3.63) is 12.2 Å². The van der Waals surface area contributed by atoms with E-state index in [9.17, 15) is 14.7 Å². The first kappa shape index (κ1) is 13.1. The monoisotopic (exact) mass is 254 g/mol. The zero-order valence-corrected chi connectivity index (χ0v) is 10.9. The predicted octanol–water partition coefficient (Wildman–Crippen LogP) is 0.666. The number of methoxy groups -OCH3 is 1. The van der Waals surface area contributed by atoms with Crippen molar-refractivity contribution in [3.8, 4) is 0 Å². The van der Waals surface area contributed by atoms with Crippen LogP contribution in [0, 0.1) is 16.7 Å². The number of esters is 2. The van der Waals surface area contributed by atoms with Gasteiger partial charge >= 0.3 is 11.9 Å². The molecule has 2 aliphatic rings. The number of carbonyl (C=O) groups is 2. The Labute approximate surface area is 106 Å². The highest BCUT2D eigenvalue weighted by molar-refractivity contribution is 5.83. The van der Waals surface area contributed by atoms with Gasteiger partial charge in [-0.2, -0.15) is 0 Å². The molecule has 5 nitrogen and oxygen atoms in total. The second kappa shape index (κ2) is 3.82. The summed E-state index contributed by atoms with van der Waals surface area (Å²) in [5.41, 5.74) is -0.959. The van der Waals surface area contributed by atoms with Gasteiger partial charge in [-0.05, 0) is 6.92 Å². The highest BCUT2D eigenvalue weighted by Gasteiger charge is 2.69. The van der Waals surface area contributed by atoms with Crippen molar-refractivity contribution in [2.45, 2.75) is 26.4 Å². The highest BCUT2D eigenvalue weighted by atomic mass is 16.5. The van der Waals surface area contributed by atoms with Gasteiger partial charge in [-0.3, -0.25) is 9.59 Å². The molecule has 2 rings (SSSR count). The first-order valence-corrected chi connectivity index (χ1v) is 5.90. The summed E-state index contributed by atoms with van der Waals surface area (Å²) < 4.78 is 9.69. The van der Waals surface area contributed by atoms with E-state index < -0.39 is 34.8 Å². The van der Waals surface area contributed by atoms with Crippen LogP contribution >= 0.6 is 0 Å². The minimum absolute atomic E-state index is 0.0367. The lowest BCUT2D eigenvalue weighted by molar-refractivity contribution is -0.153. The topological polar surface area (TPSA) is 72.8 Å². The average Bonchev–Trinajstić information content (AvgIpc) is 2.66. The Bertz CT molecular complexity index is 429. The fourth-order valence-electron chi connectivity index (χ4n) is 3.11. The molecule has 1 aliphatic carbocycles. The van der Waals surface area contributed by atoms with Crippen LogP contribution in [0.15, 0.2) is 12.2 Å². The molecule has 0 aromatic heterocycles. The van der Waals surface area contributed by atoms with Gasteiger partial charge in [0.05, 0.1) is 19.6 Å². The molecule has 1 aliphatic heterocycles. The minimum atomic E-state index is -1.03. The van der Waals surface area contributed by atoms with Crippen LogP contribution in [-0.2, 0) is 19.1 Å². The first-order valence-electron chi connectivity index (χ1n) is 5.90. The number of carbonyl (C=O) groups excluding carboxylic acids is 2. The van der Waals surface area contributed by atoms with Crippen LogP contribution < -0.4 is 0 Å². The molecule has 2 fully saturated rings. The second-order valence-corrected chi connectivity index (χ2v) is 5.47. The molecule has 4 atom stereocenters. The van der Waals surface area contributed by atoms with Gasteiger partial charge in [0.15, 0.2) is 0 Å². The van der Waals surface area contributed by atoms with Crippen molar-refractivity contribution in [1.82, 2.24) is 0 Å². The standard InChI is InChI=1S/C13H18O5/c1-7-8(5-9(14)17-4)10(15)13(3)11(16)18-6-12(7,13)2/h8,10,15H,1,5-6H2,2-4H3/t8?,10?,12-,13-/m1/s1. The second-order valence-electron chi connectivity index (χ2n) is 5.47. The molecular weight excluding hydrogens is 236 g/mol. The number of aliphatic hydroxyl groups excluding tert-OH is 1. The van der Waals surface area contributed by atoms with Gasteiger partial charge in [0.1, 0.15) is 12.0 Å². The minimum Gasteiger partial charge on any atom is -0.469 e. The van der Waals surface area contributed by atoms with Crippen LogP contribution in [0.4, 0.5) is 0 Å². The molecule has 0 radical (unpaired) electrons. The zero-order valence-electron chi connectivity index (χ0n) is 10.9. The molecule has 0 aromatic carbocycles. The van der Waals surface area contributed by atoms with Gasteiger partial charge in [-0.15, -0.1) is 0 Å². The van der Waals surface area contributed by atoms with Crippen LogP contribution in [0.2, 0.25) is 0 Å². The maximum Gasteiger partial charge on any atom is 0.315 e. The van der Waals surface area contributed by atoms with Crippen LogP contribution in [0.3, 0.4) is 0 Å². The molecule has 1 N–H and O–H groups in total. The maximum absolute atomic E-state index is 11.9. The Balaban J connectivity index is 2.37. The average molecular weight is 254 g/mol. The Kier molecular flexibility index (Phi) is 2.77. The molecule has 0 amide bonds. The Morgan fingerprint density at radius 2 is 2.22 bits per heavy atom. The van der Waals surface area contributed by atoms with Gasteiger partial charge in [-0.25, -0.2) is 0 Å². The summed E-state index contributed by atoms with van der Waals surface area (Å²) in [4.78, 5) is 23.3. The lowest BCUT2D eigenvalue weighted by atomic mass is 9.68. The Morgan fingerprint density at radius 3 is 2.72 bits per heavy atom. The zero-order chi connectivity index (χ0) is 13.7. The van der Waals surface area contributed by atoms with E-state index >= 15 is 0 Å². The lowest BCUT2D eigenvalue weighted by Crippen LogP contribution is -2.42. The number of hydrogen-bond acceptors (Lipinski definition) is 5. The van der Waals surface area contributed by atoms with Crippen molar-refractivity contribution < 1.29 is 24.2 Å². The van der Waals surface area contributed by atoms with E-state index in [2.05, 4.69) is 11.3 Å². The number of cyclic esters (lactones) is 1. The van der Waals surface area contributed by atoms with E-state index in [0.717, 1.165) is 0 Å². The number of hydrogen-bond donors (Lipinski definition) is 1. The SMILES string of the molecule is C=C1C(CC(=O)OC)C(O)[C@]2(C)C(=O)OC[C@]12C. The summed E-state index contributed by atoms with van der Waals surface area (Å²) in [7, 11) is 1.30. The van der Waals surface area contributed by atoms with E-state index in [4.69, 9.17) is 4.74 Å². The van der Waals surface area contributed by atoms with E-state index in [0.29, 0.717) is 5.57 Å². The van der Waals surface area contributed by atoms with E-state index in [1.807, 2.05) is 6.92 Å². The predicted molar refractivity (Wildman–Crippen MR) is 62.4 cm³/mol. The molecule has 18 heavy (non-hydrogen) atoms. The normalized spacial score (nSPS) is 42.7. The first-order chi connectivity index (χ1) is 8.29. The van der Waals surface area contributed by atoms with E-state index in [1.54, 1.807) is 6.92 Å². The number of aliphatic hydroxyl groups is 1. The third-order valence-electron chi connectivity index (χ3n) is 4.81. The lowest BCUT2D eigenvalue weighted by Gasteiger charge is -2.30. The molecule has 2 unspecified atom stereocenters. The fraction of sp³-hybridized carbons (Fsp3) is 0.692. The van der Waals surface area contributed by atoms with Crippen LogP contribution in [0.5, 0.6) is 0 Å². The summed E-state index contributed by atoms with van der Waals surface area (Å²) in [5.74, 6) is -1.30. The Morgan fingerprint density at radius 1 is 1.61 bits per heavy atom. The molecule has 1 saturated heterocycles. The fourth-order valence-corrected chi connectivity index (χ4v) is 3.11. The van der Waals surface area contributed by atoms with Gasteiger partial charge in [0.25, 0.3) is 0 Å². The quantitative estimate of drug-likeness (QED) is 0.579. The molecule has 0 aromatic rings. The van der Waals surface area contributed by atoms with E-state index in [-0.39, 0.29) is 13.0 Å². The van der Waals surface area contributed by atoms with Gasteiger partial charge in [-0.1, -0.05) is 19.1 Å². The van der Waals surface area contributed by atoms with Crippen molar-refractivity contribution in [2.24, 2.45) is 16.7 Å². The summed E-state index contributed by atoms with van der Waals surface area (Å²) in [6, 6.07) is 0. The number of rotatable bonds is 2. The molecule has 5 heteroatoms. The molecule has 1 saturated carbocycles. The molecule has 0 spiro atoms. The van der Waals surface area contributed by atoms with Crippen molar-refractivity contribution >= 4 is 11.9 Å². The largest absolute Gasteiger partial charge is 0.469 e. The van der Waals surface area contributed by atoms with E-state index in [1.165, 1.54) is 7.11 Å². The number of ether oxygens (including phenoxy) is 2. The third kappa shape index (κ3) is 1.31. The summed E-state index contributed by atoms with van der Waals surface area (Å²) in [6.07, 6.45) is -0.932. The van der Waals surface area contributed by atoms with Crippen molar-refractivity contribution in [1.29, 1.82) is 0 Å². The summed E-state index contributed by atoms with van der Waals surface area (Å²) in [5, 5.41) is 10.4. The maximum atomic E-state index is 11.9. The molecular formula is C13H18O5. The third-order valence-corrected chi connectivity index (χ3v) is 4.81. The Hall–Kier alpha value is -1.36. The highest BCUT2D eigenvalue weighted by Crippen LogP contribution is 2.62. The summed E-state index contributed by atoms with van der Waals surface area (Å²) >= 11 is 0. The van der Waals surface area contributed by atoms with Gasteiger partial charge in [0, 0.05) is 11.3 Å². The molecule has 0 bridgehead atoms. The molecule has 100 valence electrons. The van der Waals surface area contributed by atoms with Crippen LogP contribution in [-0.4, -0.2) is 36.9 Å². The van der Waals surface area contributed by atoms with Crippen molar-refractivity contribution in [2.75, 3.05) is 13.7 Å². The van der Waals surface area contributed by atoms with Crippen LogP contribution in [0.1, 0.15) is 20.3 Å². The van der Waals surface area contributed by atoms with Crippen molar-refractivity contribution in [3.63, 3.8) is 0 Å². The molecule has 1 heterocycles. The van der Waals surface area contributed by atoms with Gasteiger partial charge < -0.3 is 14.6 Å². The van der Waals surface area contributed by atoms with Crippen LogP contribution in [0.25, 0.3) is 0 Å². The summed E-state index contributed by atoms with van der Waals surface area (Å²) in [6.45, 7) is 7.70. The smallest absolute Gasteiger partial charge is 0.315 e.